The van der Waals surface area contributed by atoms with Gasteiger partial charge in [-0.2, -0.15) is 0 Å². The third kappa shape index (κ3) is 2.03. The molecule has 22 heavy (non-hydrogen) atoms. The van der Waals surface area contributed by atoms with E-state index in [4.69, 9.17) is 4.74 Å². The van der Waals surface area contributed by atoms with Crippen LogP contribution < -0.4 is 4.74 Å². The normalized spacial score (nSPS) is 33.9. The lowest BCUT2D eigenvalue weighted by Gasteiger charge is -2.59. The maximum absolute atomic E-state index is 5.54. The molecule has 3 atom stereocenters. The number of ether oxygens (including phenoxy) is 1. The number of benzene rings is 1. The monoisotopic (exact) mass is 299 g/mol. The summed E-state index contributed by atoms with van der Waals surface area (Å²) < 4.78 is 5.54. The number of hydrogen-bond donors (Lipinski definition) is 0. The number of likely N-dealkylation sites (tertiary alicyclic amines) is 1. The number of piperidine rings is 1. The van der Waals surface area contributed by atoms with Gasteiger partial charge in [0.15, 0.2) is 0 Å². The zero-order valence-electron chi connectivity index (χ0n) is 14.1. The Morgan fingerprint density at radius 2 is 2.18 bits per heavy atom. The second-order valence-corrected chi connectivity index (χ2v) is 7.59. The largest absolute Gasteiger partial charge is 0.497 e. The van der Waals surface area contributed by atoms with E-state index >= 15 is 0 Å². The first kappa shape index (κ1) is 14.6. The average Bonchev–Trinajstić information content (AvgIpc) is 2.57. The molecule has 0 unspecified atom stereocenters. The molecule has 2 bridgehead atoms. The van der Waals surface area contributed by atoms with Crippen LogP contribution in [-0.4, -0.2) is 31.1 Å². The van der Waals surface area contributed by atoms with E-state index in [1.54, 1.807) is 18.2 Å². The Kier molecular flexibility index (Phi) is 3.68. The third-order valence-corrected chi connectivity index (χ3v) is 6.67. The van der Waals surface area contributed by atoms with Crippen LogP contribution in [0.2, 0.25) is 0 Å². The number of hydrogen-bond acceptors (Lipinski definition) is 2. The van der Waals surface area contributed by atoms with Crippen molar-refractivity contribution in [3.05, 3.63) is 29.3 Å². The molecule has 0 N–H and O–H groups in total. The van der Waals surface area contributed by atoms with E-state index in [9.17, 15) is 0 Å². The first-order chi connectivity index (χ1) is 10.8. The molecule has 120 valence electrons. The van der Waals surface area contributed by atoms with Crippen LogP contribution in [-0.2, 0) is 11.8 Å². The summed E-state index contributed by atoms with van der Waals surface area (Å²) in [6.07, 6.45) is 9.57. The van der Waals surface area contributed by atoms with Gasteiger partial charge >= 0.3 is 0 Å². The Balaban J connectivity index is 1.80. The molecular formula is C20H29NO. The summed E-state index contributed by atoms with van der Waals surface area (Å²) in [6, 6.07) is 7.68. The van der Waals surface area contributed by atoms with Crippen molar-refractivity contribution in [3.8, 4) is 5.75 Å². The molecule has 2 nitrogen and oxygen atoms in total. The van der Waals surface area contributed by atoms with Crippen LogP contribution in [0.25, 0.3) is 0 Å². The van der Waals surface area contributed by atoms with Gasteiger partial charge in [-0.1, -0.05) is 25.8 Å². The average molecular weight is 299 g/mol. The zero-order valence-corrected chi connectivity index (χ0v) is 14.1. The fourth-order valence-electron chi connectivity index (χ4n) is 5.76. The highest BCUT2D eigenvalue weighted by atomic mass is 16.5. The van der Waals surface area contributed by atoms with Crippen molar-refractivity contribution in [1.82, 2.24) is 4.90 Å². The van der Waals surface area contributed by atoms with Crippen molar-refractivity contribution in [1.29, 1.82) is 0 Å². The molecule has 2 heteroatoms. The summed E-state index contributed by atoms with van der Waals surface area (Å²) in [6.45, 7) is 4.90. The minimum Gasteiger partial charge on any atom is -0.497 e. The molecule has 0 spiro atoms. The van der Waals surface area contributed by atoms with E-state index in [1.807, 2.05) is 0 Å². The van der Waals surface area contributed by atoms with Crippen LogP contribution in [0.3, 0.4) is 0 Å². The standard InChI is InChI=1S/C20H29NO/c1-3-11-21-12-10-20-9-5-4-6-17(20)19(21)13-15-7-8-16(22-2)14-18(15)20/h7-8,14,17,19H,3-6,9-13H2,1-2H3/t17-,19+,20+/m1/s1. The Hall–Kier alpha value is -1.02. The molecule has 2 fully saturated rings. The van der Waals surface area contributed by atoms with Crippen molar-refractivity contribution in [3.63, 3.8) is 0 Å². The van der Waals surface area contributed by atoms with Crippen LogP contribution in [0.15, 0.2) is 18.2 Å². The Bertz CT molecular complexity index is 555. The van der Waals surface area contributed by atoms with Crippen LogP contribution in [0, 0.1) is 5.92 Å². The third-order valence-electron chi connectivity index (χ3n) is 6.67. The van der Waals surface area contributed by atoms with E-state index in [-0.39, 0.29) is 0 Å². The molecule has 0 radical (unpaired) electrons. The van der Waals surface area contributed by atoms with Gasteiger partial charge in [-0.15, -0.1) is 0 Å². The van der Waals surface area contributed by atoms with Crippen LogP contribution in [0.1, 0.15) is 56.6 Å². The van der Waals surface area contributed by atoms with E-state index in [2.05, 4.69) is 30.0 Å². The van der Waals surface area contributed by atoms with E-state index in [0.29, 0.717) is 5.41 Å². The summed E-state index contributed by atoms with van der Waals surface area (Å²) in [5, 5.41) is 0. The minimum absolute atomic E-state index is 0.454. The number of methoxy groups -OCH3 is 1. The number of nitrogens with zero attached hydrogens (tertiary/aromatic N) is 1. The predicted octanol–water partition coefficient (Wildman–Crippen LogP) is 4.16. The molecule has 0 aromatic heterocycles. The summed E-state index contributed by atoms with van der Waals surface area (Å²) in [5.74, 6) is 1.92. The summed E-state index contributed by atoms with van der Waals surface area (Å²) >= 11 is 0. The number of fused-ring (bicyclic) bond motifs is 1. The first-order valence-electron chi connectivity index (χ1n) is 9.20. The highest BCUT2D eigenvalue weighted by Gasteiger charge is 2.53. The van der Waals surface area contributed by atoms with Crippen molar-refractivity contribution >= 4 is 0 Å². The van der Waals surface area contributed by atoms with Gasteiger partial charge < -0.3 is 4.74 Å². The fraction of sp³-hybridized carbons (Fsp3) is 0.700. The SMILES string of the molecule is CCCN1CC[C@@]23CCCC[C@@H]2[C@@H]1Cc1ccc(OC)cc13. The zero-order chi connectivity index (χ0) is 15.2. The van der Waals surface area contributed by atoms with Crippen molar-refractivity contribution < 1.29 is 4.74 Å². The second kappa shape index (κ2) is 5.56. The molecule has 1 heterocycles. The van der Waals surface area contributed by atoms with Gasteiger partial charge in [0, 0.05) is 11.5 Å². The minimum atomic E-state index is 0.454. The molecule has 1 aliphatic heterocycles. The van der Waals surface area contributed by atoms with Gasteiger partial charge in [0.1, 0.15) is 5.75 Å². The van der Waals surface area contributed by atoms with Gasteiger partial charge in [0.05, 0.1) is 7.11 Å². The van der Waals surface area contributed by atoms with Crippen LogP contribution >= 0.6 is 0 Å². The molecule has 3 aliphatic rings. The fourth-order valence-corrected chi connectivity index (χ4v) is 5.76. The lowest BCUT2D eigenvalue weighted by Crippen LogP contribution is -2.60. The van der Waals surface area contributed by atoms with Crippen LogP contribution in [0.5, 0.6) is 5.75 Å². The topological polar surface area (TPSA) is 12.5 Å². The van der Waals surface area contributed by atoms with E-state index in [0.717, 1.165) is 17.7 Å². The molecule has 1 saturated carbocycles. The van der Waals surface area contributed by atoms with Crippen molar-refractivity contribution in [2.24, 2.45) is 5.92 Å². The number of rotatable bonds is 3. The Morgan fingerprint density at radius 1 is 1.27 bits per heavy atom. The van der Waals surface area contributed by atoms with Gasteiger partial charge in [0.2, 0.25) is 0 Å². The molecule has 1 saturated heterocycles. The van der Waals surface area contributed by atoms with Gasteiger partial charge in [0.25, 0.3) is 0 Å². The molecule has 0 amide bonds. The second-order valence-electron chi connectivity index (χ2n) is 7.59. The van der Waals surface area contributed by atoms with Crippen LogP contribution in [0.4, 0.5) is 0 Å². The van der Waals surface area contributed by atoms with E-state index < -0.39 is 0 Å². The molecule has 1 aromatic carbocycles. The maximum atomic E-state index is 5.54. The molecule has 1 aromatic rings. The highest BCUT2D eigenvalue weighted by Crippen LogP contribution is 2.56. The molecular weight excluding hydrogens is 270 g/mol. The van der Waals surface area contributed by atoms with E-state index in [1.165, 1.54) is 58.0 Å². The molecule has 2 aliphatic carbocycles. The predicted molar refractivity (Wildman–Crippen MR) is 90.6 cm³/mol. The molecule has 4 rings (SSSR count). The maximum Gasteiger partial charge on any atom is 0.119 e. The van der Waals surface area contributed by atoms with Crippen molar-refractivity contribution in [2.75, 3.05) is 20.2 Å². The quantitative estimate of drug-likeness (QED) is 0.831. The smallest absolute Gasteiger partial charge is 0.119 e. The summed E-state index contributed by atoms with van der Waals surface area (Å²) in [5.41, 5.74) is 3.70. The van der Waals surface area contributed by atoms with Gasteiger partial charge in [-0.25, -0.2) is 0 Å². The Labute approximate surface area is 134 Å². The lowest BCUT2D eigenvalue weighted by molar-refractivity contribution is -0.0111. The lowest BCUT2D eigenvalue weighted by atomic mass is 9.52. The Morgan fingerprint density at radius 3 is 3.00 bits per heavy atom. The highest BCUT2D eigenvalue weighted by molar-refractivity contribution is 5.45. The first-order valence-corrected chi connectivity index (χ1v) is 9.20. The van der Waals surface area contributed by atoms with Crippen molar-refractivity contribution in [2.45, 2.75) is 63.3 Å². The summed E-state index contributed by atoms with van der Waals surface area (Å²) in [4.78, 5) is 2.81. The summed E-state index contributed by atoms with van der Waals surface area (Å²) in [7, 11) is 1.80. The van der Waals surface area contributed by atoms with Gasteiger partial charge in [-0.3, -0.25) is 4.90 Å². The van der Waals surface area contributed by atoms with Gasteiger partial charge in [-0.05, 0) is 74.4 Å².